The van der Waals surface area contributed by atoms with Gasteiger partial charge in [0.05, 0.1) is 23.1 Å². The molecule has 5 heteroatoms. The molecule has 0 N–H and O–H groups in total. The zero-order chi connectivity index (χ0) is 9.26. The third-order valence-electron chi connectivity index (χ3n) is 1.59. The fourth-order valence-electron chi connectivity index (χ4n) is 0.973. The lowest BCUT2D eigenvalue weighted by Crippen LogP contribution is -1.95. The van der Waals surface area contributed by atoms with Crippen LogP contribution in [0.1, 0.15) is 0 Å². The Bertz CT molecular complexity index is 413. The van der Waals surface area contributed by atoms with Crippen LogP contribution >= 0.6 is 11.6 Å². The second kappa shape index (κ2) is 3.14. The summed E-state index contributed by atoms with van der Waals surface area (Å²) < 4.78 is 14.3. The largest absolute Gasteiger partial charge is 0.221 e. The van der Waals surface area contributed by atoms with Gasteiger partial charge in [0.2, 0.25) is 0 Å². The summed E-state index contributed by atoms with van der Waals surface area (Å²) in [6.45, 7) is 0. The molecule has 1 heterocycles. The Morgan fingerprint density at radius 3 is 2.85 bits per heavy atom. The van der Waals surface area contributed by atoms with Crippen LogP contribution in [-0.4, -0.2) is 15.0 Å². The summed E-state index contributed by atoms with van der Waals surface area (Å²) in [4.78, 5) is 0. The molecule has 0 aliphatic carbocycles. The molecular formula is C8H5ClFN3. The van der Waals surface area contributed by atoms with Crippen molar-refractivity contribution in [1.82, 2.24) is 15.0 Å². The van der Waals surface area contributed by atoms with Crippen LogP contribution in [0.3, 0.4) is 0 Å². The van der Waals surface area contributed by atoms with E-state index in [1.165, 1.54) is 23.0 Å². The van der Waals surface area contributed by atoms with Crippen LogP contribution in [-0.2, 0) is 0 Å². The quantitative estimate of drug-likeness (QED) is 0.701. The maximum Gasteiger partial charge on any atom is 0.141 e. The van der Waals surface area contributed by atoms with Crippen molar-refractivity contribution < 1.29 is 4.39 Å². The molecule has 0 unspecified atom stereocenters. The molecule has 0 saturated heterocycles. The third kappa shape index (κ3) is 1.53. The van der Waals surface area contributed by atoms with Gasteiger partial charge in [0.25, 0.3) is 0 Å². The fourth-order valence-corrected chi connectivity index (χ4v) is 1.15. The Labute approximate surface area is 78.8 Å². The smallest absolute Gasteiger partial charge is 0.141 e. The zero-order valence-corrected chi connectivity index (χ0v) is 7.24. The highest BCUT2D eigenvalue weighted by molar-refractivity contribution is 6.30. The number of aromatic nitrogens is 3. The predicted molar refractivity (Wildman–Crippen MR) is 46.3 cm³/mol. The molecule has 0 bridgehead atoms. The normalized spacial score (nSPS) is 10.3. The molecule has 2 rings (SSSR count). The highest BCUT2D eigenvalue weighted by atomic mass is 35.5. The molecule has 1 aromatic heterocycles. The van der Waals surface area contributed by atoms with E-state index in [1.807, 2.05) is 0 Å². The summed E-state index contributed by atoms with van der Waals surface area (Å²) in [5.74, 6) is -0.439. The molecular weight excluding hydrogens is 193 g/mol. The third-order valence-corrected chi connectivity index (χ3v) is 1.88. The van der Waals surface area contributed by atoms with Crippen LogP contribution in [0.4, 0.5) is 4.39 Å². The van der Waals surface area contributed by atoms with E-state index in [-0.39, 0.29) is 5.02 Å². The van der Waals surface area contributed by atoms with Crippen molar-refractivity contribution >= 4 is 11.6 Å². The van der Waals surface area contributed by atoms with Crippen LogP contribution < -0.4 is 0 Å². The molecule has 0 radical (unpaired) electrons. The predicted octanol–water partition coefficient (Wildman–Crippen LogP) is 2.06. The van der Waals surface area contributed by atoms with Gasteiger partial charge in [-0.2, -0.15) is 0 Å². The molecule has 13 heavy (non-hydrogen) atoms. The number of rotatable bonds is 1. The first kappa shape index (κ1) is 8.19. The molecule has 3 nitrogen and oxygen atoms in total. The van der Waals surface area contributed by atoms with Crippen LogP contribution in [0.5, 0.6) is 0 Å². The van der Waals surface area contributed by atoms with Crippen molar-refractivity contribution in [3.05, 3.63) is 41.4 Å². The Morgan fingerprint density at radius 1 is 1.38 bits per heavy atom. The molecule has 0 aliphatic heterocycles. The van der Waals surface area contributed by atoms with E-state index in [0.29, 0.717) is 5.69 Å². The summed E-state index contributed by atoms with van der Waals surface area (Å²) in [5.41, 5.74) is 0.684. The van der Waals surface area contributed by atoms with Crippen molar-refractivity contribution in [1.29, 1.82) is 0 Å². The van der Waals surface area contributed by atoms with Gasteiger partial charge < -0.3 is 0 Å². The SMILES string of the molecule is Fc1ccc(-n2ccnn2)cc1Cl. The van der Waals surface area contributed by atoms with Crippen molar-refractivity contribution in [2.75, 3.05) is 0 Å². The first-order chi connectivity index (χ1) is 6.27. The van der Waals surface area contributed by atoms with Gasteiger partial charge in [-0.3, -0.25) is 0 Å². The number of nitrogens with zero attached hydrogens (tertiary/aromatic N) is 3. The maximum absolute atomic E-state index is 12.8. The minimum Gasteiger partial charge on any atom is -0.221 e. The molecule has 2 aromatic rings. The summed E-state index contributed by atoms with van der Waals surface area (Å²) >= 11 is 5.59. The lowest BCUT2D eigenvalue weighted by molar-refractivity contribution is 0.627. The van der Waals surface area contributed by atoms with Gasteiger partial charge in [0, 0.05) is 0 Å². The maximum atomic E-state index is 12.8. The van der Waals surface area contributed by atoms with E-state index >= 15 is 0 Å². The summed E-state index contributed by atoms with van der Waals surface area (Å²) in [5, 5.41) is 7.45. The second-order valence-corrected chi connectivity index (χ2v) is 2.85. The average Bonchev–Trinajstić information content (AvgIpc) is 2.62. The van der Waals surface area contributed by atoms with Crippen LogP contribution in [0.15, 0.2) is 30.6 Å². The van der Waals surface area contributed by atoms with Gasteiger partial charge in [0.15, 0.2) is 0 Å². The van der Waals surface area contributed by atoms with Crippen molar-refractivity contribution in [3.8, 4) is 5.69 Å². The van der Waals surface area contributed by atoms with Crippen LogP contribution in [0.25, 0.3) is 5.69 Å². The average molecular weight is 198 g/mol. The number of hydrogen-bond donors (Lipinski definition) is 0. The van der Waals surface area contributed by atoms with E-state index in [9.17, 15) is 4.39 Å². The monoisotopic (exact) mass is 197 g/mol. The molecule has 0 atom stereocenters. The highest BCUT2D eigenvalue weighted by Gasteiger charge is 2.02. The first-order valence-corrected chi connectivity index (χ1v) is 3.97. The van der Waals surface area contributed by atoms with Gasteiger partial charge in [-0.05, 0) is 18.2 Å². The second-order valence-electron chi connectivity index (χ2n) is 2.45. The van der Waals surface area contributed by atoms with E-state index in [0.717, 1.165) is 0 Å². The Kier molecular flexibility index (Phi) is 1.98. The first-order valence-electron chi connectivity index (χ1n) is 3.59. The Hall–Kier alpha value is -1.42. The number of benzene rings is 1. The number of halogens is 2. The highest BCUT2D eigenvalue weighted by Crippen LogP contribution is 2.17. The van der Waals surface area contributed by atoms with Crippen molar-refractivity contribution in [2.24, 2.45) is 0 Å². The van der Waals surface area contributed by atoms with Gasteiger partial charge in [-0.1, -0.05) is 16.8 Å². The van der Waals surface area contributed by atoms with Gasteiger partial charge in [-0.15, -0.1) is 5.10 Å². The van der Waals surface area contributed by atoms with Crippen molar-refractivity contribution in [2.45, 2.75) is 0 Å². The lowest BCUT2D eigenvalue weighted by Gasteiger charge is -2.00. The summed E-state index contributed by atoms with van der Waals surface area (Å²) in [6.07, 6.45) is 3.20. The van der Waals surface area contributed by atoms with Gasteiger partial charge >= 0.3 is 0 Å². The zero-order valence-electron chi connectivity index (χ0n) is 6.48. The van der Waals surface area contributed by atoms with E-state index < -0.39 is 5.82 Å². The molecule has 0 aliphatic rings. The fraction of sp³-hybridized carbons (Fsp3) is 0. The molecule has 0 fully saturated rings. The molecule has 1 aromatic carbocycles. The minimum absolute atomic E-state index is 0.0769. The van der Waals surface area contributed by atoms with E-state index in [1.54, 1.807) is 12.3 Å². The van der Waals surface area contributed by atoms with Crippen LogP contribution in [0.2, 0.25) is 5.02 Å². The number of hydrogen-bond acceptors (Lipinski definition) is 2. The van der Waals surface area contributed by atoms with Crippen molar-refractivity contribution in [3.63, 3.8) is 0 Å². The molecule has 0 saturated carbocycles. The standard InChI is InChI=1S/C8H5ClFN3/c9-7-5-6(1-2-8(7)10)13-4-3-11-12-13/h1-5H. The Balaban J connectivity index is 2.49. The Morgan fingerprint density at radius 2 is 2.23 bits per heavy atom. The van der Waals surface area contributed by atoms with E-state index in [4.69, 9.17) is 11.6 Å². The minimum atomic E-state index is -0.439. The van der Waals surface area contributed by atoms with Crippen LogP contribution in [0, 0.1) is 5.82 Å². The van der Waals surface area contributed by atoms with E-state index in [2.05, 4.69) is 10.3 Å². The van der Waals surface area contributed by atoms with Gasteiger partial charge in [0.1, 0.15) is 5.82 Å². The summed E-state index contributed by atoms with van der Waals surface area (Å²) in [6, 6.07) is 4.36. The lowest BCUT2D eigenvalue weighted by atomic mass is 10.3. The topological polar surface area (TPSA) is 30.7 Å². The summed E-state index contributed by atoms with van der Waals surface area (Å²) in [7, 11) is 0. The molecule has 0 spiro atoms. The molecule has 0 amide bonds. The van der Waals surface area contributed by atoms with Gasteiger partial charge in [-0.25, -0.2) is 9.07 Å². The molecule has 66 valence electrons.